The molecule has 2 atom stereocenters. The van der Waals surface area contributed by atoms with E-state index in [2.05, 4.69) is 27.7 Å². The molecule has 0 heterocycles. The van der Waals surface area contributed by atoms with E-state index in [0.717, 1.165) is 0 Å². The zero-order chi connectivity index (χ0) is 23.1. The van der Waals surface area contributed by atoms with E-state index in [1.165, 1.54) is 0 Å². The molecule has 0 saturated carbocycles. The van der Waals surface area contributed by atoms with Crippen LogP contribution in [0.3, 0.4) is 0 Å². The predicted molar refractivity (Wildman–Crippen MR) is 118 cm³/mol. The summed E-state index contributed by atoms with van der Waals surface area (Å²) in [5.74, 6) is -0.416. The van der Waals surface area contributed by atoms with Crippen LogP contribution < -0.4 is 0 Å². The number of hydrogen-bond acceptors (Lipinski definition) is 4. The highest BCUT2D eigenvalue weighted by Gasteiger charge is 2.25. The Morgan fingerprint density at radius 3 is 1.03 bits per heavy atom. The zero-order valence-corrected chi connectivity index (χ0v) is 18.1. The van der Waals surface area contributed by atoms with E-state index in [-0.39, 0.29) is 25.0 Å². The number of rotatable bonds is 7. The smallest absolute Gasteiger partial charge is 0.335 e. The van der Waals surface area contributed by atoms with Crippen LogP contribution in [0.5, 0.6) is 0 Å². The van der Waals surface area contributed by atoms with Crippen molar-refractivity contribution in [3.63, 3.8) is 0 Å². The molecule has 0 saturated heterocycles. The molecule has 0 aliphatic rings. The number of carboxylic acid groups (broad SMARTS) is 2. The van der Waals surface area contributed by atoms with Gasteiger partial charge in [-0.3, -0.25) is 0 Å². The average molecular weight is 419 g/mol. The van der Waals surface area contributed by atoms with Gasteiger partial charge in [0, 0.05) is 13.2 Å². The van der Waals surface area contributed by atoms with Crippen LogP contribution in [0.15, 0.2) is 60.7 Å². The Balaban J connectivity index is 0.000000426. The molecule has 0 aliphatic heterocycles. The lowest BCUT2D eigenvalue weighted by Crippen LogP contribution is -2.30. The van der Waals surface area contributed by atoms with E-state index < -0.39 is 11.9 Å². The number of aromatic carboxylic acids is 2. The SMILES string of the molecule is CC(C)C(CO)C(CO)C(C)C.O=C(O)c1ccccc1.O=C(O)c1ccccc1. The second-order valence-electron chi connectivity index (χ2n) is 7.52. The van der Waals surface area contributed by atoms with Crippen LogP contribution in [0.25, 0.3) is 0 Å². The fourth-order valence-corrected chi connectivity index (χ4v) is 2.84. The van der Waals surface area contributed by atoms with Gasteiger partial charge in [0.25, 0.3) is 0 Å². The molecule has 6 heteroatoms. The molecule has 0 aliphatic carbocycles. The third-order valence-corrected chi connectivity index (χ3v) is 4.73. The minimum atomic E-state index is -0.879. The van der Waals surface area contributed by atoms with Crippen LogP contribution in [-0.4, -0.2) is 45.6 Å². The lowest BCUT2D eigenvalue weighted by molar-refractivity contribution is 0.0633. The fourth-order valence-electron chi connectivity index (χ4n) is 2.84. The van der Waals surface area contributed by atoms with Crippen LogP contribution in [0, 0.1) is 23.7 Å². The Bertz CT molecular complexity index is 649. The monoisotopic (exact) mass is 418 g/mol. The Kier molecular flexibility index (Phi) is 13.8. The van der Waals surface area contributed by atoms with Gasteiger partial charge in [-0.2, -0.15) is 0 Å². The Morgan fingerprint density at radius 2 is 0.900 bits per heavy atom. The van der Waals surface area contributed by atoms with Crippen LogP contribution in [0.4, 0.5) is 0 Å². The highest BCUT2D eigenvalue weighted by atomic mass is 16.4. The zero-order valence-electron chi connectivity index (χ0n) is 18.1. The molecule has 0 fully saturated rings. The van der Waals surface area contributed by atoms with Gasteiger partial charge in [-0.05, 0) is 47.9 Å². The first-order valence-corrected chi connectivity index (χ1v) is 9.94. The van der Waals surface area contributed by atoms with Crippen molar-refractivity contribution in [3.05, 3.63) is 71.8 Å². The van der Waals surface area contributed by atoms with E-state index in [4.69, 9.17) is 20.4 Å². The quantitative estimate of drug-likeness (QED) is 0.533. The molecule has 2 aromatic rings. The summed E-state index contributed by atoms with van der Waals surface area (Å²) in [5.41, 5.74) is 0.662. The molecule has 0 radical (unpaired) electrons. The second-order valence-corrected chi connectivity index (χ2v) is 7.52. The van der Waals surface area contributed by atoms with Gasteiger partial charge in [0.1, 0.15) is 0 Å². The maximum absolute atomic E-state index is 10.2. The minimum absolute atomic E-state index is 0.182. The summed E-state index contributed by atoms with van der Waals surface area (Å²) in [6.45, 7) is 8.72. The van der Waals surface area contributed by atoms with Gasteiger partial charge < -0.3 is 20.4 Å². The van der Waals surface area contributed by atoms with E-state index >= 15 is 0 Å². The Morgan fingerprint density at radius 1 is 0.633 bits per heavy atom. The second kappa shape index (κ2) is 15.2. The summed E-state index contributed by atoms with van der Waals surface area (Å²) in [4.78, 5) is 20.4. The Labute approximate surface area is 178 Å². The van der Waals surface area contributed by atoms with E-state index in [1.54, 1.807) is 60.7 Å². The number of carbonyl (C=O) groups is 2. The Hall–Kier alpha value is -2.70. The van der Waals surface area contributed by atoms with Crippen molar-refractivity contribution >= 4 is 11.9 Å². The van der Waals surface area contributed by atoms with Gasteiger partial charge in [-0.15, -0.1) is 0 Å². The van der Waals surface area contributed by atoms with Gasteiger partial charge in [-0.25, -0.2) is 9.59 Å². The van der Waals surface area contributed by atoms with Gasteiger partial charge in [0.05, 0.1) is 11.1 Å². The van der Waals surface area contributed by atoms with Gasteiger partial charge >= 0.3 is 11.9 Å². The molecule has 2 aromatic carbocycles. The van der Waals surface area contributed by atoms with Crippen molar-refractivity contribution in [2.45, 2.75) is 27.7 Å². The van der Waals surface area contributed by atoms with Crippen LogP contribution in [0.1, 0.15) is 48.4 Å². The van der Waals surface area contributed by atoms with Crippen molar-refractivity contribution in [3.8, 4) is 0 Å². The summed E-state index contributed by atoms with van der Waals surface area (Å²) in [5, 5.41) is 35.0. The van der Waals surface area contributed by atoms with Crippen molar-refractivity contribution < 1.29 is 30.0 Å². The molecule has 2 rings (SSSR count). The van der Waals surface area contributed by atoms with Crippen LogP contribution in [-0.2, 0) is 0 Å². The van der Waals surface area contributed by atoms with Gasteiger partial charge in [-0.1, -0.05) is 64.1 Å². The number of carboxylic acids is 2. The summed E-state index contributed by atoms with van der Waals surface area (Å²) in [7, 11) is 0. The molecule has 166 valence electrons. The summed E-state index contributed by atoms with van der Waals surface area (Å²) < 4.78 is 0. The summed E-state index contributed by atoms with van der Waals surface area (Å²) in [6, 6.07) is 16.6. The predicted octanol–water partition coefficient (Wildman–Crippen LogP) is 4.29. The molecule has 4 N–H and O–H groups in total. The van der Waals surface area contributed by atoms with E-state index in [9.17, 15) is 9.59 Å². The van der Waals surface area contributed by atoms with Gasteiger partial charge in [0.2, 0.25) is 0 Å². The third-order valence-electron chi connectivity index (χ3n) is 4.73. The summed E-state index contributed by atoms with van der Waals surface area (Å²) in [6.07, 6.45) is 0. The van der Waals surface area contributed by atoms with E-state index in [0.29, 0.717) is 23.0 Å². The average Bonchev–Trinajstić information content (AvgIpc) is 2.73. The molecule has 0 bridgehead atoms. The molecule has 0 aromatic heterocycles. The standard InChI is InChI=1S/C10H22O2.2C7H6O2/c1-7(2)9(5-11)10(6-12)8(3)4;2*8-7(9)6-4-2-1-3-5-6/h7-12H,5-6H2,1-4H3;2*1-5H,(H,8,9). The number of hydrogen-bond donors (Lipinski definition) is 4. The molecule has 0 amide bonds. The largest absolute Gasteiger partial charge is 0.478 e. The normalized spacial score (nSPS) is 12.1. The van der Waals surface area contributed by atoms with Crippen molar-refractivity contribution in [2.75, 3.05) is 13.2 Å². The maximum atomic E-state index is 10.2. The maximum Gasteiger partial charge on any atom is 0.335 e. The van der Waals surface area contributed by atoms with Gasteiger partial charge in [0.15, 0.2) is 0 Å². The first kappa shape index (κ1) is 27.3. The molecule has 2 unspecified atom stereocenters. The molecular weight excluding hydrogens is 384 g/mol. The molecule has 0 spiro atoms. The highest BCUT2D eigenvalue weighted by Crippen LogP contribution is 2.26. The number of aliphatic hydroxyl groups excluding tert-OH is 2. The fraction of sp³-hybridized carbons (Fsp3) is 0.417. The molecule has 30 heavy (non-hydrogen) atoms. The first-order chi connectivity index (χ1) is 14.1. The number of aliphatic hydroxyl groups is 2. The molecule has 6 nitrogen and oxygen atoms in total. The minimum Gasteiger partial charge on any atom is -0.478 e. The lowest BCUT2D eigenvalue weighted by Gasteiger charge is -2.30. The van der Waals surface area contributed by atoms with E-state index in [1.807, 2.05) is 0 Å². The lowest BCUT2D eigenvalue weighted by atomic mass is 9.78. The van der Waals surface area contributed by atoms with Crippen LogP contribution in [0.2, 0.25) is 0 Å². The van der Waals surface area contributed by atoms with Crippen molar-refractivity contribution in [1.82, 2.24) is 0 Å². The van der Waals surface area contributed by atoms with Crippen molar-refractivity contribution in [1.29, 1.82) is 0 Å². The summed E-state index contributed by atoms with van der Waals surface area (Å²) >= 11 is 0. The number of benzene rings is 2. The third kappa shape index (κ3) is 10.7. The topological polar surface area (TPSA) is 115 Å². The highest BCUT2D eigenvalue weighted by molar-refractivity contribution is 5.87. The first-order valence-electron chi connectivity index (χ1n) is 9.94. The molecular formula is C24H34O6. The van der Waals surface area contributed by atoms with Crippen LogP contribution >= 0.6 is 0 Å². The van der Waals surface area contributed by atoms with Crippen molar-refractivity contribution in [2.24, 2.45) is 23.7 Å².